The van der Waals surface area contributed by atoms with E-state index in [9.17, 15) is 0 Å². The first-order valence-corrected chi connectivity index (χ1v) is 4.58. The second-order valence-electron chi connectivity index (χ2n) is 3.08. The zero-order chi connectivity index (χ0) is 11.3. The summed E-state index contributed by atoms with van der Waals surface area (Å²) in [6, 6.07) is 5.47. The van der Waals surface area contributed by atoms with Gasteiger partial charge in [0.25, 0.3) is 0 Å². The maximum atomic E-state index is 8.65. The molecule has 0 aliphatic heterocycles. The quantitative estimate of drug-likeness (QED) is 0.288. The summed E-state index contributed by atoms with van der Waals surface area (Å²) in [5.74, 6) is 6.14. The monoisotopic (exact) mass is 209 g/mol. The van der Waals surface area contributed by atoms with Crippen LogP contribution in [0.1, 0.15) is 5.56 Å². The number of aryl methyl sites for hydroxylation is 1. The average molecular weight is 209 g/mol. The normalized spacial score (nSPS) is 9.80. The molecule has 15 heavy (non-hydrogen) atoms. The van der Waals surface area contributed by atoms with Crippen molar-refractivity contribution in [3.8, 4) is 5.75 Å². The fourth-order valence-corrected chi connectivity index (χ4v) is 1.18. The average Bonchev–Trinajstić information content (AvgIpc) is 2.26. The Labute approximate surface area is 88.6 Å². The predicted molar refractivity (Wildman–Crippen MR) is 59.2 cm³/mol. The maximum Gasteiger partial charge on any atom is 0.144 e. The van der Waals surface area contributed by atoms with Crippen molar-refractivity contribution >= 4 is 12.0 Å². The van der Waals surface area contributed by atoms with Gasteiger partial charge in [0.2, 0.25) is 0 Å². The first-order valence-electron chi connectivity index (χ1n) is 4.58. The lowest BCUT2D eigenvalue weighted by molar-refractivity contribution is 0.202. The van der Waals surface area contributed by atoms with E-state index in [0.717, 1.165) is 11.9 Å². The smallest absolute Gasteiger partial charge is 0.144 e. The Morgan fingerprint density at radius 2 is 2.33 bits per heavy atom. The highest BCUT2D eigenvalue weighted by molar-refractivity contribution is 5.79. The molecule has 0 fully saturated rings. The van der Waals surface area contributed by atoms with Crippen molar-refractivity contribution in [2.75, 3.05) is 18.2 Å². The van der Waals surface area contributed by atoms with Gasteiger partial charge in [-0.2, -0.15) is 0 Å². The van der Waals surface area contributed by atoms with E-state index in [-0.39, 0.29) is 13.2 Å². The predicted octanol–water partition coefficient (Wildman–Crippen LogP) is 0.653. The molecule has 5 heteroatoms. The summed E-state index contributed by atoms with van der Waals surface area (Å²) in [6.07, 6.45) is 1.00. The molecule has 1 aromatic rings. The van der Waals surface area contributed by atoms with Crippen LogP contribution in [0.5, 0.6) is 5.75 Å². The van der Waals surface area contributed by atoms with E-state index in [2.05, 4.69) is 0 Å². The summed E-state index contributed by atoms with van der Waals surface area (Å²) in [5, 5.41) is 16.9. The lowest BCUT2D eigenvalue weighted by Gasteiger charge is -2.17. The van der Waals surface area contributed by atoms with Gasteiger partial charge in [-0.15, -0.1) is 0 Å². The van der Waals surface area contributed by atoms with E-state index in [1.54, 1.807) is 6.07 Å². The second-order valence-corrected chi connectivity index (χ2v) is 3.08. The summed E-state index contributed by atoms with van der Waals surface area (Å²) in [7, 11) is 0. The van der Waals surface area contributed by atoms with E-state index < -0.39 is 0 Å². The largest absolute Gasteiger partial charge is 0.489 e. The first-order chi connectivity index (χ1) is 7.19. The van der Waals surface area contributed by atoms with E-state index in [1.165, 1.54) is 5.01 Å². The molecule has 0 spiro atoms. The molecule has 0 bridgehead atoms. The van der Waals surface area contributed by atoms with Gasteiger partial charge in [0.1, 0.15) is 24.4 Å². The fraction of sp³-hybridized carbons (Fsp3) is 0.300. The third kappa shape index (κ3) is 2.93. The summed E-state index contributed by atoms with van der Waals surface area (Å²) in [5.41, 5.74) is 1.64. The molecule has 0 aliphatic carbocycles. The van der Waals surface area contributed by atoms with Crippen LogP contribution in [-0.2, 0) is 0 Å². The number of rotatable bonds is 5. The van der Waals surface area contributed by atoms with Crippen LogP contribution in [0.2, 0.25) is 0 Å². The lowest BCUT2D eigenvalue weighted by atomic mass is 10.2. The zero-order valence-corrected chi connectivity index (χ0v) is 8.60. The van der Waals surface area contributed by atoms with Crippen LogP contribution in [0.4, 0.5) is 5.69 Å². The molecule has 4 N–H and O–H groups in total. The van der Waals surface area contributed by atoms with E-state index >= 15 is 0 Å². The van der Waals surface area contributed by atoms with Crippen molar-refractivity contribution in [3.05, 3.63) is 23.8 Å². The SMILES string of the molecule is Cc1ccc(OCCO)c(N(N)C=N)c1. The molecule has 0 atom stereocenters. The number of hydrogen-bond donors (Lipinski definition) is 3. The number of ether oxygens (including phenoxy) is 1. The van der Waals surface area contributed by atoms with Gasteiger partial charge in [-0.25, -0.2) is 5.84 Å². The van der Waals surface area contributed by atoms with Crippen LogP contribution >= 0.6 is 0 Å². The van der Waals surface area contributed by atoms with Crippen LogP contribution in [0.3, 0.4) is 0 Å². The number of aliphatic hydroxyl groups is 1. The van der Waals surface area contributed by atoms with Crippen LogP contribution in [0, 0.1) is 12.3 Å². The Bertz CT molecular complexity index is 341. The minimum Gasteiger partial charge on any atom is -0.489 e. The maximum absolute atomic E-state index is 8.65. The van der Waals surface area contributed by atoms with Gasteiger partial charge < -0.3 is 9.84 Å². The van der Waals surface area contributed by atoms with E-state index in [4.69, 9.17) is 21.1 Å². The highest BCUT2D eigenvalue weighted by Gasteiger charge is 2.07. The van der Waals surface area contributed by atoms with Crippen LogP contribution in [0.15, 0.2) is 18.2 Å². The number of hydrogen-bond acceptors (Lipinski definition) is 4. The first kappa shape index (κ1) is 11.5. The van der Waals surface area contributed by atoms with Crippen molar-refractivity contribution < 1.29 is 9.84 Å². The van der Waals surface area contributed by atoms with Gasteiger partial charge in [-0.05, 0) is 24.6 Å². The molecule has 82 valence electrons. The third-order valence-corrected chi connectivity index (χ3v) is 1.88. The number of nitrogens with zero attached hydrogens (tertiary/aromatic N) is 1. The molecular formula is C10H15N3O2. The Hall–Kier alpha value is -1.59. The number of benzene rings is 1. The topological polar surface area (TPSA) is 82.6 Å². The summed E-state index contributed by atoms with van der Waals surface area (Å²) in [4.78, 5) is 0. The standard InChI is InChI=1S/C10H15N3O2/c1-8-2-3-10(15-5-4-14)9(6-8)13(12)7-11/h2-3,6-7,11,14H,4-5,12H2,1H3. The molecule has 0 aromatic heterocycles. The Kier molecular flexibility index (Phi) is 4.08. The molecule has 0 saturated heterocycles. The number of nitrogens with two attached hydrogens (primary N) is 1. The molecule has 0 heterocycles. The van der Waals surface area contributed by atoms with Crippen molar-refractivity contribution in [1.29, 1.82) is 5.41 Å². The van der Waals surface area contributed by atoms with Crippen LogP contribution in [0.25, 0.3) is 0 Å². The van der Waals surface area contributed by atoms with Gasteiger partial charge >= 0.3 is 0 Å². The molecule has 1 aromatic carbocycles. The van der Waals surface area contributed by atoms with Gasteiger partial charge in [0, 0.05) is 0 Å². The highest BCUT2D eigenvalue weighted by atomic mass is 16.5. The molecule has 0 unspecified atom stereocenters. The van der Waals surface area contributed by atoms with Gasteiger partial charge in [0.15, 0.2) is 0 Å². The molecule has 0 aliphatic rings. The lowest BCUT2D eigenvalue weighted by Crippen LogP contribution is -2.29. The summed E-state index contributed by atoms with van der Waals surface area (Å²) < 4.78 is 5.29. The number of anilines is 1. The minimum absolute atomic E-state index is 0.0531. The minimum atomic E-state index is -0.0531. The molecule has 0 saturated carbocycles. The van der Waals surface area contributed by atoms with Crippen molar-refractivity contribution in [2.45, 2.75) is 6.92 Å². The number of aliphatic hydroxyl groups excluding tert-OH is 1. The summed E-state index contributed by atoms with van der Waals surface area (Å²) >= 11 is 0. The zero-order valence-electron chi connectivity index (χ0n) is 8.60. The highest BCUT2D eigenvalue weighted by Crippen LogP contribution is 2.27. The van der Waals surface area contributed by atoms with Gasteiger partial charge in [-0.1, -0.05) is 6.07 Å². The molecule has 0 radical (unpaired) electrons. The van der Waals surface area contributed by atoms with Gasteiger partial charge in [-0.3, -0.25) is 10.4 Å². The van der Waals surface area contributed by atoms with Crippen molar-refractivity contribution in [1.82, 2.24) is 0 Å². The van der Waals surface area contributed by atoms with Crippen molar-refractivity contribution in [3.63, 3.8) is 0 Å². The Morgan fingerprint density at radius 1 is 1.60 bits per heavy atom. The molecule has 0 amide bonds. The van der Waals surface area contributed by atoms with Crippen LogP contribution in [-0.4, -0.2) is 24.7 Å². The van der Waals surface area contributed by atoms with Gasteiger partial charge in [0.05, 0.1) is 6.61 Å². The van der Waals surface area contributed by atoms with E-state index in [0.29, 0.717) is 11.4 Å². The van der Waals surface area contributed by atoms with E-state index in [1.807, 2.05) is 19.1 Å². The third-order valence-electron chi connectivity index (χ3n) is 1.88. The Balaban J connectivity index is 2.97. The fourth-order valence-electron chi connectivity index (χ4n) is 1.18. The summed E-state index contributed by atoms with van der Waals surface area (Å²) in [6.45, 7) is 2.08. The Morgan fingerprint density at radius 3 is 2.93 bits per heavy atom. The number of hydrazine groups is 1. The molecular weight excluding hydrogens is 194 g/mol. The van der Waals surface area contributed by atoms with Crippen molar-refractivity contribution in [2.24, 2.45) is 5.84 Å². The second kappa shape index (κ2) is 5.33. The number of nitrogens with one attached hydrogen (secondary N) is 1. The molecule has 5 nitrogen and oxygen atoms in total. The molecule has 1 rings (SSSR count). The van der Waals surface area contributed by atoms with Crippen LogP contribution < -0.4 is 15.6 Å².